The van der Waals surface area contributed by atoms with Gasteiger partial charge in [0.05, 0.1) is 23.5 Å². The highest BCUT2D eigenvalue weighted by atomic mass is 19.1. The van der Waals surface area contributed by atoms with E-state index in [-0.39, 0.29) is 18.1 Å². The fourth-order valence-electron chi connectivity index (χ4n) is 3.44. The van der Waals surface area contributed by atoms with E-state index in [2.05, 4.69) is 9.97 Å². The zero-order valence-corrected chi connectivity index (χ0v) is 15.7. The van der Waals surface area contributed by atoms with Gasteiger partial charge in [0.1, 0.15) is 11.6 Å². The Bertz CT molecular complexity index is 992. The first-order valence-electron chi connectivity index (χ1n) is 9.25. The van der Waals surface area contributed by atoms with Gasteiger partial charge in [0, 0.05) is 50.4 Å². The molecule has 0 spiro atoms. The molecule has 144 valence electrons. The number of nitrogens with zero attached hydrogens (tertiary/aromatic N) is 4. The SMILES string of the molecule is Cn1ccnc1CC1CN(C(=O)Cc2nc(-c3ccc(F)cc3)ccc2N)C1. The first-order chi connectivity index (χ1) is 13.5. The quantitative estimate of drug-likeness (QED) is 0.739. The van der Waals surface area contributed by atoms with Crippen LogP contribution < -0.4 is 5.73 Å². The van der Waals surface area contributed by atoms with Crippen molar-refractivity contribution in [1.29, 1.82) is 0 Å². The lowest BCUT2D eigenvalue weighted by molar-refractivity contribution is -0.136. The number of halogens is 1. The maximum absolute atomic E-state index is 13.1. The highest BCUT2D eigenvalue weighted by molar-refractivity contribution is 5.81. The lowest BCUT2D eigenvalue weighted by Gasteiger charge is -2.39. The standard InChI is InChI=1S/C21H22FN5O/c1-26-9-8-24-20(26)10-14-12-27(13-14)21(28)11-19-17(23)6-7-18(25-19)15-2-4-16(22)5-3-15/h2-9,14H,10-13,23H2,1H3. The average Bonchev–Trinajstić information content (AvgIpc) is 3.05. The smallest absolute Gasteiger partial charge is 0.228 e. The summed E-state index contributed by atoms with van der Waals surface area (Å²) in [4.78, 5) is 23.3. The molecule has 28 heavy (non-hydrogen) atoms. The largest absolute Gasteiger partial charge is 0.397 e. The van der Waals surface area contributed by atoms with E-state index in [4.69, 9.17) is 5.73 Å². The summed E-state index contributed by atoms with van der Waals surface area (Å²) in [6.07, 6.45) is 4.75. The number of anilines is 1. The molecule has 0 atom stereocenters. The van der Waals surface area contributed by atoms with E-state index >= 15 is 0 Å². The zero-order chi connectivity index (χ0) is 19.7. The molecular formula is C21H22FN5O. The van der Waals surface area contributed by atoms with Crippen molar-refractivity contribution in [2.45, 2.75) is 12.8 Å². The molecule has 0 aliphatic carbocycles. The van der Waals surface area contributed by atoms with Gasteiger partial charge in [0.2, 0.25) is 5.91 Å². The second-order valence-corrected chi connectivity index (χ2v) is 7.24. The molecule has 4 rings (SSSR count). The zero-order valence-electron chi connectivity index (χ0n) is 15.7. The number of nitrogens with two attached hydrogens (primary N) is 1. The Morgan fingerprint density at radius 1 is 1.21 bits per heavy atom. The van der Waals surface area contributed by atoms with E-state index in [1.54, 1.807) is 30.5 Å². The molecule has 1 fully saturated rings. The van der Waals surface area contributed by atoms with Crippen molar-refractivity contribution in [3.8, 4) is 11.3 Å². The minimum Gasteiger partial charge on any atom is -0.397 e. The summed E-state index contributed by atoms with van der Waals surface area (Å²) in [5.41, 5.74) is 8.54. The van der Waals surface area contributed by atoms with E-state index in [9.17, 15) is 9.18 Å². The summed E-state index contributed by atoms with van der Waals surface area (Å²) in [5, 5.41) is 0. The number of amides is 1. The molecule has 0 saturated carbocycles. The maximum Gasteiger partial charge on any atom is 0.228 e. The molecule has 6 nitrogen and oxygen atoms in total. The topological polar surface area (TPSA) is 77.0 Å². The van der Waals surface area contributed by atoms with Gasteiger partial charge in [-0.3, -0.25) is 9.78 Å². The summed E-state index contributed by atoms with van der Waals surface area (Å²) in [6.45, 7) is 1.45. The number of benzene rings is 1. The van der Waals surface area contributed by atoms with Crippen LogP contribution in [0.1, 0.15) is 11.5 Å². The lowest BCUT2D eigenvalue weighted by Crippen LogP contribution is -2.51. The molecule has 0 unspecified atom stereocenters. The molecule has 2 N–H and O–H groups in total. The number of aryl methyl sites for hydroxylation is 1. The van der Waals surface area contributed by atoms with Crippen molar-refractivity contribution in [3.63, 3.8) is 0 Å². The van der Waals surface area contributed by atoms with E-state index in [1.165, 1.54) is 12.1 Å². The van der Waals surface area contributed by atoms with E-state index < -0.39 is 0 Å². The third-order valence-electron chi connectivity index (χ3n) is 5.17. The van der Waals surface area contributed by atoms with Crippen LogP contribution in [-0.4, -0.2) is 38.4 Å². The molecule has 0 radical (unpaired) electrons. The minimum absolute atomic E-state index is 0.0200. The van der Waals surface area contributed by atoms with Crippen LogP contribution in [0.4, 0.5) is 10.1 Å². The van der Waals surface area contributed by atoms with Gasteiger partial charge >= 0.3 is 0 Å². The molecule has 1 saturated heterocycles. The third-order valence-corrected chi connectivity index (χ3v) is 5.17. The average molecular weight is 379 g/mol. The fourth-order valence-corrected chi connectivity index (χ4v) is 3.44. The maximum atomic E-state index is 13.1. The number of hydrogen-bond acceptors (Lipinski definition) is 4. The Labute approximate surface area is 162 Å². The van der Waals surface area contributed by atoms with E-state index in [0.29, 0.717) is 23.0 Å². The number of carbonyl (C=O) groups is 1. The summed E-state index contributed by atoms with van der Waals surface area (Å²) in [5.74, 6) is 1.19. The van der Waals surface area contributed by atoms with E-state index in [1.807, 2.05) is 22.7 Å². The number of rotatable bonds is 5. The molecule has 1 aliphatic rings. The van der Waals surface area contributed by atoms with E-state index in [0.717, 1.165) is 30.9 Å². The van der Waals surface area contributed by atoms with Gasteiger partial charge in [-0.05, 0) is 36.4 Å². The summed E-state index contributed by atoms with van der Waals surface area (Å²) in [6, 6.07) is 9.63. The normalized spacial score (nSPS) is 14.1. The second kappa shape index (κ2) is 7.42. The van der Waals surface area contributed by atoms with Crippen LogP contribution in [0, 0.1) is 11.7 Å². The number of likely N-dealkylation sites (tertiary alicyclic amines) is 1. The third kappa shape index (κ3) is 3.74. The van der Waals surface area contributed by atoms with Crippen molar-refractivity contribution in [2.24, 2.45) is 13.0 Å². The molecule has 1 aromatic carbocycles. The van der Waals surface area contributed by atoms with Crippen LogP contribution in [0.25, 0.3) is 11.3 Å². The van der Waals surface area contributed by atoms with Gasteiger partial charge in [-0.15, -0.1) is 0 Å². The van der Waals surface area contributed by atoms with Gasteiger partial charge in [0.15, 0.2) is 0 Å². The van der Waals surface area contributed by atoms with Gasteiger partial charge in [-0.1, -0.05) is 0 Å². The van der Waals surface area contributed by atoms with Crippen LogP contribution in [0.15, 0.2) is 48.8 Å². The molecule has 3 aromatic rings. The highest BCUT2D eigenvalue weighted by Crippen LogP contribution is 2.24. The first kappa shape index (κ1) is 18.2. The van der Waals surface area contributed by atoms with Crippen molar-refractivity contribution in [1.82, 2.24) is 19.4 Å². The monoisotopic (exact) mass is 379 g/mol. The molecule has 3 heterocycles. The Morgan fingerprint density at radius 2 is 1.96 bits per heavy atom. The number of imidazole rings is 1. The number of hydrogen-bond donors (Lipinski definition) is 1. The van der Waals surface area contributed by atoms with Crippen LogP contribution in [0.5, 0.6) is 0 Å². The van der Waals surface area contributed by atoms with Crippen LogP contribution in [0.3, 0.4) is 0 Å². The van der Waals surface area contributed by atoms with Crippen molar-refractivity contribution in [3.05, 3.63) is 66.1 Å². The Kier molecular flexibility index (Phi) is 4.81. The highest BCUT2D eigenvalue weighted by Gasteiger charge is 2.31. The van der Waals surface area contributed by atoms with Gasteiger partial charge in [-0.25, -0.2) is 9.37 Å². The first-order valence-corrected chi connectivity index (χ1v) is 9.25. The molecule has 2 aromatic heterocycles. The predicted molar refractivity (Wildman–Crippen MR) is 105 cm³/mol. The summed E-state index contributed by atoms with van der Waals surface area (Å²) in [7, 11) is 1.98. The van der Waals surface area contributed by atoms with Crippen molar-refractivity contribution >= 4 is 11.6 Å². The number of aromatic nitrogens is 3. The molecule has 7 heteroatoms. The number of nitrogen functional groups attached to an aromatic ring is 1. The Hall–Kier alpha value is -3.22. The van der Waals surface area contributed by atoms with Crippen molar-refractivity contribution in [2.75, 3.05) is 18.8 Å². The number of pyridine rings is 1. The minimum atomic E-state index is -0.299. The molecule has 1 amide bonds. The molecule has 1 aliphatic heterocycles. The van der Waals surface area contributed by atoms with Gasteiger partial charge in [0.25, 0.3) is 0 Å². The molecular weight excluding hydrogens is 357 g/mol. The van der Waals surface area contributed by atoms with Crippen LogP contribution in [0.2, 0.25) is 0 Å². The number of carbonyl (C=O) groups excluding carboxylic acids is 1. The van der Waals surface area contributed by atoms with Gasteiger partial charge < -0.3 is 15.2 Å². The second-order valence-electron chi connectivity index (χ2n) is 7.24. The van der Waals surface area contributed by atoms with Crippen molar-refractivity contribution < 1.29 is 9.18 Å². The van der Waals surface area contributed by atoms with Gasteiger partial charge in [-0.2, -0.15) is 0 Å². The Morgan fingerprint density at radius 3 is 2.64 bits per heavy atom. The summed E-state index contributed by atoms with van der Waals surface area (Å²) >= 11 is 0. The van der Waals surface area contributed by atoms with Crippen LogP contribution >= 0.6 is 0 Å². The fraction of sp³-hybridized carbons (Fsp3) is 0.286. The Balaban J connectivity index is 1.39. The summed E-state index contributed by atoms with van der Waals surface area (Å²) < 4.78 is 15.1. The lowest BCUT2D eigenvalue weighted by atomic mass is 9.95. The van der Waals surface area contributed by atoms with Crippen LogP contribution in [-0.2, 0) is 24.7 Å². The predicted octanol–water partition coefficient (Wildman–Crippen LogP) is 2.45. The molecule has 0 bridgehead atoms.